The summed E-state index contributed by atoms with van der Waals surface area (Å²) in [5, 5.41) is 32.9. The zero-order valence-corrected chi connectivity index (χ0v) is 28.7. The molecule has 0 N–H and O–H groups in total. The standard InChI is InChI=1S/C10H15.3C9H10O.Hf/c1-7-6-10(4,5)9(3)8(7)2;3*1-2-5-8-6-3-4-7-9(8)10;/h1-5H3;3*2-4,6-7,10H,1,5H2;/q-1;;;;+4/p-3. The molecule has 0 aliphatic heterocycles. The zero-order chi connectivity index (χ0) is 30.1. The molecular weight excluding hydrogens is 671 g/mol. The van der Waals surface area contributed by atoms with Crippen LogP contribution in [0.3, 0.4) is 0 Å². The number of para-hydroxylation sites is 3. The molecule has 0 heterocycles. The Kier molecular flexibility index (Phi) is 18.0. The smallest absolute Gasteiger partial charge is 0.872 e. The zero-order valence-electron chi connectivity index (χ0n) is 25.1. The third-order valence-corrected chi connectivity index (χ3v) is 6.57. The molecule has 41 heavy (non-hydrogen) atoms. The first-order valence-corrected chi connectivity index (χ1v) is 13.4. The third-order valence-electron chi connectivity index (χ3n) is 6.57. The first kappa shape index (κ1) is 37.6. The summed E-state index contributed by atoms with van der Waals surface area (Å²) in [6.45, 7) is 21.6. The van der Waals surface area contributed by atoms with E-state index in [0.29, 0.717) is 19.3 Å². The molecule has 1 aliphatic rings. The molecule has 4 heteroatoms. The summed E-state index contributed by atoms with van der Waals surface area (Å²) in [6.07, 6.45) is 10.6. The van der Waals surface area contributed by atoms with Gasteiger partial charge in [0, 0.05) is 0 Å². The molecular formula is C37H42HfO3. The van der Waals surface area contributed by atoms with E-state index < -0.39 is 0 Å². The SMILES string of the molecule is C=CCc1ccccc1[O-].C=CCc1ccccc1[O-].C=CCc1ccccc1[O-].CC1=[C-]C(C)(C)C(C)=C1C.[Hf+4]. The number of hydrogen-bond donors (Lipinski definition) is 0. The summed E-state index contributed by atoms with van der Waals surface area (Å²) >= 11 is 0. The van der Waals surface area contributed by atoms with Gasteiger partial charge in [-0.05, 0) is 19.3 Å². The number of hydrogen-bond acceptors (Lipinski definition) is 3. The molecule has 1 aliphatic carbocycles. The van der Waals surface area contributed by atoms with Crippen LogP contribution in [0.2, 0.25) is 0 Å². The minimum atomic E-state index is 0. The van der Waals surface area contributed by atoms with Gasteiger partial charge in [-0.25, -0.2) is 5.57 Å². The van der Waals surface area contributed by atoms with Crippen LogP contribution in [0, 0.1) is 11.5 Å². The van der Waals surface area contributed by atoms with E-state index in [0.717, 1.165) is 16.7 Å². The normalized spacial score (nSPS) is 12.5. The second-order valence-corrected chi connectivity index (χ2v) is 9.93. The van der Waals surface area contributed by atoms with Gasteiger partial charge in [0.2, 0.25) is 0 Å². The van der Waals surface area contributed by atoms with E-state index in [1.807, 2.05) is 36.4 Å². The van der Waals surface area contributed by atoms with Crippen molar-refractivity contribution in [2.24, 2.45) is 5.41 Å². The van der Waals surface area contributed by atoms with Crippen molar-refractivity contribution in [1.82, 2.24) is 0 Å². The Morgan fingerprint density at radius 3 is 1.07 bits per heavy atom. The first-order valence-electron chi connectivity index (χ1n) is 13.4. The van der Waals surface area contributed by atoms with Gasteiger partial charge in [0.15, 0.2) is 0 Å². The van der Waals surface area contributed by atoms with Crippen molar-refractivity contribution in [3.8, 4) is 17.2 Å². The molecule has 4 rings (SSSR count). The summed E-state index contributed by atoms with van der Waals surface area (Å²) in [4.78, 5) is 0. The van der Waals surface area contributed by atoms with E-state index in [2.05, 4.69) is 60.4 Å². The van der Waals surface area contributed by atoms with Crippen molar-refractivity contribution in [3.05, 3.63) is 150 Å². The summed E-state index contributed by atoms with van der Waals surface area (Å²) < 4.78 is 0. The van der Waals surface area contributed by atoms with Crippen LogP contribution in [0.5, 0.6) is 17.2 Å². The Bertz CT molecular complexity index is 1190. The Morgan fingerprint density at radius 2 is 0.902 bits per heavy atom. The molecule has 0 amide bonds. The minimum Gasteiger partial charge on any atom is -0.872 e. The Morgan fingerprint density at radius 1 is 0.610 bits per heavy atom. The van der Waals surface area contributed by atoms with E-state index in [1.165, 1.54) is 16.7 Å². The predicted molar refractivity (Wildman–Crippen MR) is 164 cm³/mol. The maximum Gasteiger partial charge on any atom is 4.00 e. The van der Waals surface area contributed by atoms with Crippen LogP contribution in [0.25, 0.3) is 0 Å². The number of rotatable bonds is 6. The number of allylic oxidation sites excluding steroid dienone is 7. The maximum atomic E-state index is 11.0. The van der Waals surface area contributed by atoms with Gasteiger partial charge in [0.05, 0.1) is 0 Å². The molecule has 3 aromatic carbocycles. The van der Waals surface area contributed by atoms with Gasteiger partial charge in [-0.2, -0.15) is 11.1 Å². The van der Waals surface area contributed by atoms with Crippen molar-refractivity contribution in [3.63, 3.8) is 0 Å². The minimum absolute atomic E-state index is 0. The molecule has 3 nitrogen and oxygen atoms in total. The Hall–Kier alpha value is -3.37. The van der Waals surface area contributed by atoms with Gasteiger partial charge in [-0.3, -0.25) is 6.08 Å². The molecule has 212 valence electrons. The van der Waals surface area contributed by atoms with Gasteiger partial charge < -0.3 is 15.3 Å². The largest absolute Gasteiger partial charge is 4.00 e. The molecule has 0 unspecified atom stereocenters. The van der Waals surface area contributed by atoms with Crippen LogP contribution in [0.15, 0.2) is 127 Å². The first-order chi connectivity index (χ1) is 19.0. The van der Waals surface area contributed by atoms with Crippen molar-refractivity contribution in [1.29, 1.82) is 0 Å². The monoisotopic (exact) mass is 714 g/mol. The van der Waals surface area contributed by atoms with E-state index in [-0.39, 0.29) is 48.5 Å². The second kappa shape index (κ2) is 19.7. The van der Waals surface area contributed by atoms with Crippen molar-refractivity contribution < 1.29 is 41.2 Å². The van der Waals surface area contributed by atoms with Crippen molar-refractivity contribution in [2.45, 2.75) is 53.9 Å². The molecule has 0 bridgehead atoms. The van der Waals surface area contributed by atoms with E-state index >= 15 is 0 Å². The molecule has 0 fully saturated rings. The summed E-state index contributed by atoms with van der Waals surface area (Å²) in [5.74, 6) is 0.298. The summed E-state index contributed by atoms with van der Waals surface area (Å²) in [5.41, 5.74) is 6.85. The van der Waals surface area contributed by atoms with Crippen molar-refractivity contribution >= 4 is 0 Å². The topological polar surface area (TPSA) is 69.2 Å². The molecule has 0 saturated carbocycles. The van der Waals surface area contributed by atoms with Crippen LogP contribution in [-0.2, 0) is 45.1 Å². The molecule has 3 aromatic rings. The van der Waals surface area contributed by atoms with E-state index in [1.54, 1.807) is 54.6 Å². The molecule has 0 aromatic heterocycles. The number of benzene rings is 3. The van der Waals surface area contributed by atoms with E-state index in [9.17, 15) is 15.3 Å². The van der Waals surface area contributed by atoms with Gasteiger partial charge in [0.1, 0.15) is 0 Å². The van der Waals surface area contributed by atoms with E-state index in [4.69, 9.17) is 0 Å². The van der Waals surface area contributed by atoms with Crippen LogP contribution < -0.4 is 15.3 Å². The molecule has 0 atom stereocenters. The average molecular weight is 713 g/mol. The molecule has 0 spiro atoms. The van der Waals surface area contributed by atoms with Gasteiger partial charge in [0.25, 0.3) is 0 Å². The van der Waals surface area contributed by atoms with Crippen LogP contribution >= 0.6 is 0 Å². The molecule has 0 saturated heterocycles. The third kappa shape index (κ3) is 13.2. The Balaban J connectivity index is 0.000000516. The van der Waals surface area contributed by atoms with Crippen LogP contribution in [0.4, 0.5) is 0 Å². The Labute approximate surface area is 266 Å². The fourth-order valence-corrected chi connectivity index (χ4v) is 3.89. The van der Waals surface area contributed by atoms with Crippen LogP contribution in [-0.4, -0.2) is 0 Å². The summed E-state index contributed by atoms with van der Waals surface area (Å²) in [6, 6.07) is 21.0. The van der Waals surface area contributed by atoms with Crippen LogP contribution in [0.1, 0.15) is 51.3 Å². The summed E-state index contributed by atoms with van der Waals surface area (Å²) in [7, 11) is 0. The fourth-order valence-electron chi connectivity index (χ4n) is 3.89. The molecule has 0 radical (unpaired) electrons. The van der Waals surface area contributed by atoms with Crippen molar-refractivity contribution in [2.75, 3.05) is 0 Å². The van der Waals surface area contributed by atoms with Gasteiger partial charge >= 0.3 is 25.8 Å². The van der Waals surface area contributed by atoms with Gasteiger partial charge in [-0.15, -0.1) is 43.9 Å². The average Bonchev–Trinajstić information content (AvgIpc) is 3.10. The fraction of sp³-hybridized carbons (Fsp3) is 0.243. The quantitative estimate of drug-likeness (QED) is 0.150. The maximum absolute atomic E-state index is 11.0. The van der Waals surface area contributed by atoms with Gasteiger partial charge in [-0.1, -0.05) is 141 Å². The second-order valence-electron chi connectivity index (χ2n) is 9.93. The predicted octanol–water partition coefficient (Wildman–Crippen LogP) is 7.58.